The van der Waals surface area contributed by atoms with Crippen LogP contribution in [0.25, 0.3) is 0 Å². The molecule has 30 heavy (non-hydrogen) atoms. The molecule has 0 rings (SSSR count). The topological polar surface area (TPSA) is 274 Å². The number of carbonyl (C=O) groups excluding carboxylic acids is 5. The van der Waals surface area contributed by atoms with Crippen LogP contribution in [-0.2, 0) is 33.6 Å². The van der Waals surface area contributed by atoms with Gasteiger partial charge in [-0.2, -0.15) is 0 Å². The van der Waals surface area contributed by atoms with Gasteiger partial charge in [0.2, 0.25) is 29.5 Å². The molecule has 0 saturated heterocycles. The van der Waals surface area contributed by atoms with Crippen LogP contribution in [0.15, 0.2) is 0 Å². The number of aliphatic carboxylic acids is 2. The van der Waals surface area contributed by atoms with Crippen molar-refractivity contribution >= 4 is 41.5 Å². The van der Waals surface area contributed by atoms with E-state index in [1.165, 1.54) is 6.92 Å². The van der Waals surface area contributed by atoms with Gasteiger partial charge in [-0.25, -0.2) is 4.79 Å². The molecule has 0 bridgehead atoms. The highest BCUT2D eigenvalue weighted by atomic mass is 16.4. The maximum atomic E-state index is 12.2. The third-order valence-corrected chi connectivity index (χ3v) is 3.54. The first-order valence-corrected chi connectivity index (χ1v) is 8.42. The van der Waals surface area contributed by atoms with Gasteiger partial charge < -0.3 is 43.4 Å². The first-order valence-electron chi connectivity index (χ1n) is 8.42. The Kier molecular flexibility index (Phi) is 10.5. The van der Waals surface area contributed by atoms with Crippen LogP contribution in [0.4, 0.5) is 0 Å². The van der Waals surface area contributed by atoms with Gasteiger partial charge in [0.15, 0.2) is 0 Å². The Morgan fingerprint density at radius 2 is 1.23 bits per heavy atom. The molecule has 0 aromatic carbocycles. The first-order chi connectivity index (χ1) is 13.7. The van der Waals surface area contributed by atoms with E-state index in [1.807, 2.05) is 10.6 Å². The quantitative estimate of drug-likeness (QED) is 0.137. The number of primary amides is 2. The van der Waals surface area contributed by atoms with Crippen molar-refractivity contribution in [2.45, 2.75) is 50.4 Å². The molecule has 4 unspecified atom stereocenters. The van der Waals surface area contributed by atoms with Gasteiger partial charge in [0, 0.05) is 0 Å². The molecule has 0 fully saturated rings. The third-order valence-electron chi connectivity index (χ3n) is 3.54. The summed E-state index contributed by atoms with van der Waals surface area (Å²) < 4.78 is 0. The molecule has 15 heteroatoms. The van der Waals surface area contributed by atoms with E-state index in [2.05, 4.69) is 5.32 Å². The van der Waals surface area contributed by atoms with Crippen LogP contribution in [0.3, 0.4) is 0 Å². The molecule has 0 radical (unpaired) electrons. The van der Waals surface area contributed by atoms with E-state index in [-0.39, 0.29) is 0 Å². The summed E-state index contributed by atoms with van der Waals surface area (Å²) in [6.45, 7) is 1.19. The molecule has 0 spiro atoms. The zero-order valence-electron chi connectivity index (χ0n) is 15.9. The summed E-state index contributed by atoms with van der Waals surface area (Å²) in [7, 11) is 0. The monoisotopic (exact) mass is 432 g/mol. The molecule has 0 saturated carbocycles. The van der Waals surface area contributed by atoms with Crippen LogP contribution >= 0.6 is 0 Å². The second kappa shape index (κ2) is 11.9. The van der Waals surface area contributed by atoms with Crippen molar-refractivity contribution in [1.82, 2.24) is 16.0 Å². The van der Waals surface area contributed by atoms with Crippen LogP contribution in [-0.4, -0.2) is 75.9 Å². The fourth-order valence-corrected chi connectivity index (χ4v) is 2.05. The maximum absolute atomic E-state index is 12.2. The van der Waals surface area contributed by atoms with E-state index >= 15 is 0 Å². The zero-order chi connectivity index (χ0) is 23.6. The number of hydrogen-bond donors (Lipinski definition) is 8. The standard InChI is InChI=1S/C15H24N6O9/c1-5(19-13(27)6(16)2-9(17)22)12(26)20-7(4-11(24)25)14(28)21-8(15(29)30)3-10(18)23/h5-8H,2-4,16H2,1H3,(H2,17,22)(H2,18,23)(H,19,27)(H,20,26)(H,21,28)(H,24,25)(H,29,30). The second-order valence-corrected chi connectivity index (χ2v) is 6.24. The van der Waals surface area contributed by atoms with Crippen molar-refractivity contribution in [2.75, 3.05) is 0 Å². The minimum absolute atomic E-state index is 0.485. The van der Waals surface area contributed by atoms with Crippen LogP contribution in [0, 0.1) is 0 Å². The Labute approximate surface area is 169 Å². The molecule has 0 aliphatic carbocycles. The zero-order valence-corrected chi connectivity index (χ0v) is 15.9. The van der Waals surface area contributed by atoms with Gasteiger partial charge >= 0.3 is 11.9 Å². The van der Waals surface area contributed by atoms with Crippen LogP contribution < -0.4 is 33.2 Å². The summed E-state index contributed by atoms with van der Waals surface area (Å²) in [5, 5.41) is 24.0. The predicted octanol–water partition coefficient (Wildman–Crippen LogP) is -4.90. The minimum Gasteiger partial charge on any atom is -0.481 e. The van der Waals surface area contributed by atoms with Gasteiger partial charge in [0.1, 0.15) is 18.1 Å². The molecular weight excluding hydrogens is 408 g/mol. The molecule has 15 nitrogen and oxygen atoms in total. The highest BCUT2D eigenvalue weighted by Crippen LogP contribution is 1.99. The van der Waals surface area contributed by atoms with Crippen molar-refractivity contribution in [3.63, 3.8) is 0 Å². The lowest BCUT2D eigenvalue weighted by Crippen LogP contribution is -2.57. The lowest BCUT2D eigenvalue weighted by atomic mass is 10.1. The van der Waals surface area contributed by atoms with E-state index in [1.54, 1.807) is 0 Å². The van der Waals surface area contributed by atoms with Crippen molar-refractivity contribution in [1.29, 1.82) is 0 Å². The average Bonchev–Trinajstić information content (AvgIpc) is 2.58. The highest BCUT2D eigenvalue weighted by molar-refractivity contribution is 5.96. The molecule has 11 N–H and O–H groups in total. The Bertz CT molecular complexity index is 725. The van der Waals surface area contributed by atoms with Crippen molar-refractivity contribution in [3.05, 3.63) is 0 Å². The van der Waals surface area contributed by atoms with Gasteiger partial charge in [-0.15, -0.1) is 0 Å². The summed E-state index contributed by atoms with van der Waals surface area (Å²) in [6, 6.07) is -6.11. The number of carbonyl (C=O) groups is 7. The largest absolute Gasteiger partial charge is 0.481 e. The summed E-state index contributed by atoms with van der Waals surface area (Å²) in [6.07, 6.45) is -2.18. The number of carboxylic acid groups (broad SMARTS) is 2. The first kappa shape index (κ1) is 26.2. The Balaban J connectivity index is 5.16. The van der Waals surface area contributed by atoms with Gasteiger partial charge in [0.25, 0.3) is 0 Å². The number of amides is 5. The highest BCUT2D eigenvalue weighted by Gasteiger charge is 2.31. The van der Waals surface area contributed by atoms with Crippen molar-refractivity contribution in [3.8, 4) is 0 Å². The molecular formula is C15H24N6O9. The summed E-state index contributed by atoms with van der Waals surface area (Å²) in [4.78, 5) is 80.0. The number of hydrogen-bond acceptors (Lipinski definition) is 8. The van der Waals surface area contributed by atoms with E-state index in [4.69, 9.17) is 27.4 Å². The molecule has 0 aliphatic rings. The molecule has 168 valence electrons. The second-order valence-electron chi connectivity index (χ2n) is 6.24. The molecule has 0 aliphatic heterocycles. The Morgan fingerprint density at radius 3 is 1.67 bits per heavy atom. The average molecular weight is 432 g/mol. The van der Waals surface area contributed by atoms with Crippen molar-refractivity contribution < 1.29 is 43.8 Å². The lowest BCUT2D eigenvalue weighted by Gasteiger charge is -2.22. The predicted molar refractivity (Wildman–Crippen MR) is 97.0 cm³/mol. The van der Waals surface area contributed by atoms with Gasteiger partial charge in [-0.3, -0.25) is 28.8 Å². The minimum atomic E-state index is -1.74. The van der Waals surface area contributed by atoms with Crippen molar-refractivity contribution in [2.24, 2.45) is 17.2 Å². The number of nitrogens with one attached hydrogen (secondary N) is 3. The fourth-order valence-electron chi connectivity index (χ4n) is 2.05. The van der Waals surface area contributed by atoms with Crippen LogP contribution in [0.1, 0.15) is 26.2 Å². The SMILES string of the molecule is CC(NC(=O)C(N)CC(N)=O)C(=O)NC(CC(=O)O)C(=O)NC(CC(N)=O)C(=O)O. The smallest absolute Gasteiger partial charge is 0.326 e. The summed E-state index contributed by atoms with van der Waals surface area (Å²) >= 11 is 0. The fraction of sp³-hybridized carbons (Fsp3) is 0.533. The van der Waals surface area contributed by atoms with Gasteiger partial charge in [0.05, 0.1) is 25.3 Å². The summed E-state index contributed by atoms with van der Waals surface area (Å²) in [5.41, 5.74) is 15.2. The Hall–Kier alpha value is -3.75. The van der Waals surface area contributed by atoms with Gasteiger partial charge in [-0.1, -0.05) is 0 Å². The van der Waals surface area contributed by atoms with E-state index in [0.29, 0.717) is 0 Å². The van der Waals surface area contributed by atoms with Crippen LogP contribution in [0.2, 0.25) is 0 Å². The van der Waals surface area contributed by atoms with E-state index in [9.17, 15) is 33.6 Å². The molecule has 0 aromatic rings. The lowest BCUT2D eigenvalue weighted by molar-refractivity contribution is -0.144. The molecule has 4 atom stereocenters. The number of nitrogens with two attached hydrogens (primary N) is 3. The van der Waals surface area contributed by atoms with Gasteiger partial charge in [-0.05, 0) is 6.92 Å². The summed E-state index contributed by atoms with van der Waals surface area (Å²) in [5.74, 6) is -8.10. The molecule has 0 heterocycles. The van der Waals surface area contributed by atoms with E-state index < -0.39 is 84.9 Å². The maximum Gasteiger partial charge on any atom is 0.326 e. The molecule has 0 aromatic heterocycles. The van der Waals surface area contributed by atoms with Crippen LogP contribution in [0.5, 0.6) is 0 Å². The normalized spacial score (nSPS) is 14.3. The number of rotatable bonds is 13. The molecule has 5 amide bonds. The van der Waals surface area contributed by atoms with E-state index in [0.717, 1.165) is 0 Å². The number of carboxylic acids is 2. The Morgan fingerprint density at radius 1 is 0.733 bits per heavy atom. The third kappa shape index (κ3) is 9.98.